The summed E-state index contributed by atoms with van der Waals surface area (Å²) < 4.78 is 5.21. The van der Waals surface area contributed by atoms with E-state index < -0.39 is 0 Å². The van der Waals surface area contributed by atoms with E-state index in [1.165, 1.54) is 6.39 Å². The number of oxazole rings is 1. The standard InChI is InChI=1S/C9H6N2O2/c1-2-7-9(12-5-10-7)8-6(1)3-4-11-13-8/h1-5,11H. The van der Waals surface area contributed by atoms with Gasteiger partial charge in [-0.05, 0) is 18.2 Å². The molecule has 1 aliphatic rings. The fraction of sp³-hybridized carbons (Fsp3) is 0. The number of hydroxylamine groups is 1. The highest BCUT2D eigenvalue weighted by Crippen LogP contribution is 2.30. The molecule has 0 radical (unpaired) electrons. The van der Waals surface area contributed by atoms with Crippen molar-refractivity contribution in [3.8, 4) is 5.75 Å². The largest absolute Gasteiger partial charge is 0.439 e. The summed E-state index contributed by atoms with van der Waals surface area (Å²) in [6, 6.07) is 3.84. The van der Waals surface area contributed by atoms with Crippen LogP contribution in [0.25, 0.3) is 17.2 Å². The molecule has 2 heterocycles. The summed E-state index contributed by atoms with van der Waals surface area (Å²) in [6.45, 7) is 0. The molecular formula is C9H6N2O2. The minimum atomic E-state index is 0.675. The Morgan fingerprint density at radius 2 is 2.31 bits per heavy atom. The van der Waals surface area contributed by atoms with Crippen LogP contribution < -0.4 is 10.3 Å². The van der Waals surface area contributed by atoms with Gasteiger partial charge in [0.15, 0.2) is 12.0 Å². The van der Waals surface area contributed by atoms with E-state index in [9.17, 15) is 0 Å². The lowest BCUT2D eigenvalue weighted by Gasteiger charge is -2.11. The van der Waals surface area contributed by atoms with Gasteiger partial charge in [0.05, 0.1) is 0 Å². The zero-order chi connectivity index (χ0) is 8.67. The van der Waals surface area contributed by atoms with Crippen molar-refractivity contribution < 1.29 is 9.25 Å². The first kappa shape index (κ1) is 6.54. The first-order chi connectivity index (χ1) is 6.45. The van der Waals surface area contributed by atoms with Gasteiger partial charge in [0.1, 0.15) is 5.52 Å². The maximum Gasteiger partial charge on any atom is 0.207 e. The molecule has 4 nitrogen and oxygen atoms in total. The van der Waals surface area contributed by atoms with Crippen molar-refractivity contribution in [1.29, 1.82) is 0 Å². The monoisotopic (exact) mass is 174 g/mol. The lowest BCUT2D eigenvalue weighted by atomic mass is 10.1. The number of hydrogen-bond acceptors (Lipinski definition) is 4. The second kappa shape index (κ2) is 2.26. The van der Waals surface area contributed by atoms with Gasteiger partial charge in [-0.25, -0.2) is 10.5 Å². The van der Waals surface area contributed by atoms with E-state index in [0.717, 1.165) is 11.1 Å². The summed E-state index contributed by atoms with van der Waals surface area (Å²) in [7, 11) is 0. The minimum absolute atomic E-state index is 0.675. The van der Waals surface area contributed by atoms with E-state index in [2.05, 4.69) is 10.5 Å². The molecule has 0 aliphatic carbocycles. The van der Waals surface area contributed by atoms with Crippen molar-refractivity contribution in [2.45, 2.75) is 0 Å². The Hall–Kier alpha value is -1.97. The number of aromatic nitrogens is 1. The summed E-state index contributed by atoms with van der Waals surface area (Å²) in [6.07, 6.45) is 5.05. The number of nitrogens with one attached hydrogen (secondary N) is 1. The second-order valence-electron chi connectivity index (χ2n) is 2.74. The quantitative estimate of drug-likeness (QED) is 0.660. The minimum Gasteiger partial charge on any atom is -0.439 e. The molecule has 0 atom stereocenters. The number of hydrogen-bond donors (Lipinski definition) is 1. The number of nitrogens with zero attached hydrogens (tertiary/aromatic N) is 1. The molecule has 0 saturated carbocycles. The topological polar surface area (TPSA) is 47.3 Å². The van der Waals surface area contributed by atoms with E-state index in [-0.39, 0.29) is 0 Å². The van der Waals surface area contributed by atoms with Gasteiger partial charge in [-0.3, -0.25) is 0 Å². The lowest BCUT2D eigenvalue weighted by molar-refractivity contribution is 0.239. The normalized spacial score (nSPS) is 13.5. The van der Waals surface area contributed by atoms with Crippen LogP contribution in [0.4, 0.5) is 0 Å². The fourth-order valence-electron chi connectivity index (χ4n) is 1.37. The molecule has 1 aromatic heterocycles. The van der Waals surface area contributed by atoms with Gasteiger partial charge in [-0.2, -0.15) is 0 Å². The average molecular weight is 174 g/mol. The Morgan fingerprint density at radius 3 is 3.31 bits per heavy atom. The van der Waals surface area contributed by atoms with Crippen LogP contribution in [0.1, 0.15) is 5.56 Å². The van der Waals surface area contributed by atoms with Crippen LogP contribution in [0.15, 0.2) is 29.1 Å². The number of benzene rings is 1. The van der Waals surface area contributed by atoms with Crippen molar-refractivity contribution in [2.75, 3.05) is 0 Å². The van der Waals surface area contributed by atoms with Crippen LogP contribution in [0.2, 0.25) is 0 Å². The van der Waals surface area contributed by atoms with Crippen LogP contribution in [-0.2, 0) is 0 Å². The van der Waals surface area contributed by atoms with Crippen LogP contribution in [0.3, 0.4) is 0 Å². The molecule has 0 spiro atoms. The van der Waals surface area contributed by atoms with Gasteiger partial charge >= 0.3 is 0 Å². The van der Waals surface area contributed by atoms with Crippen molar-refractivity contribution in [1.82, 2.24) is 10.5 Å². The van der Waals surface area contributed by atoms with Gasteiger partial charge in [-0.15, -0.1) is 0 Å². The first-order valence-electron chi connectivity index (χ1n) is 3.90. The highest BCUT2D eigenvalue weighted by atomic mass is 16.6. The van der Waals surface area contributed by atoms with Gasteiger partial charge in [0.25, 0.3) is 0 Å². The van der Waals surface area contributed by atoms with Crippen LogP contribution >= 0.6 is 0 Å². The van der Waals surface area contributed by atoms with E-state index in [4.69, 9.17) is 9.25 Å². The molecule has 1 aliphatic heterocycles. The van der Waals surface area contributed by atoms with Crippen LogP contribution in [0, 0.1) is 0 Å². The SMILES string of the molecule is C1=Cc2ccc3ncoc3c2ON1. The predicted octanol–water partition coefficient (Wildman–Crippen LogP) is 1.70. The Balaban J connectivity index is 2.42. The molecule has 64 valence electrons. The summed E-state index contributed by atoms with van der Waals surface area (Å²) in [4.78, 5) is 9.25. The second-order valence-corrected chi connectivity index (χ2v) is 2.74. The summed E-state index contributed by atoms with van der Waals surface area (Å²) in [5, 5.41) is 0. The lowest BCUT2D eigenvalue weighted by Crippen LogP contribution is -2.14. The third-order valence-corrected chi connectivity index (χ3v) is 1.98. The van der Waals surface area contributed by atoms with Crippen molar-refractivity contribution in [2.24, 2.45) is 0 Å². The zero-order valence-electron chi connectivity index (χ0n) is 6.65. The molecule has 4 heteroatoms. The smallest absolute Gasteiger partial charge is 0.207 e. The zero-order valence-corrected chi connectivity index (χ0v) is 6.65. The molecule has 1 aromatic carbocycles. The molecular weight excluding hydrogens is 168 g/mol. The predicted molar refractivity (Wildman–Crippen MR) is 46.8 cm³/mol. The molecule has 2 aromatic rings. The summed E-state index contributed by atoms with van der Waals surface area (Å²) in [5.74, 6) is 0.692. The highest BCUT2D eigenvalue weighted by Gasteiger charge is 2.13. The van der Waals surface area contributed by atoms with Crippen LogP contribution in [0.5, 0.6) is 5.75 Å². The first-order valence-corrected chi connectivity index (χ1v) is 3.90. The number of rotatable bonds is 0. The Bertz CT molecular complexity index is 487. The molecule has 13 heavy (non-hydrogen) atoms. The third-order valence-electron chi connectivity index (χ3n) is 1.98. The molecule has 0 saturated heterocycles. The average Bonchev–Trinajstić information content (AvgIpc) is 2.65. The summed E-state index contributed by atoms with van der Waals surface area (Å²) in [5.41, 5.74) is 5.12. The maximum atomic E-state index is 5.22. The molecule has 0 unspecified atom stereocenters. The van der Waals surface area contributed by atoms with E-state index >= 15 is 0 Å². The van der Waals surface area contributed by atoms with E-state index in [0.29, 0.717) is 11.3 Å². The van der Waals surface area contributed by atoms with Gasteiger partial charge < -0.3 is 9.25 Å². The molecule has 0 amide bonds. The molecule has 0 fully saturated rings. The Morgan fingerprint density at radius 1 is 1.31 bits per heavy atom. The number of fused-ring (bicyclic) bond motifs is 3. The molecule has 0 bridgehead atoms. The van der Waals surface area contributed by atoms with Crippen molar-refractivity contribution in [3.63, 3.8) is 0 Å². The fourth-order valence-corrected chi connectivity index (χ4v) is 1.37. The van der Waals surface area contributed by atoms with Crippen molar-refractivity contribution >= 4 is 17.2 Å². The van der Waals surface area contributed by atoms with Gasteiger partial charge in [0.2, 0.25) is 5.75 Å². The van der Waals surface area contributed by atoms with Crippen LogP contribution in [-0.4, -0.2) is 4.98 Å². The highest BCUT2D eigenvalue weighted by molar-refractivity contribution is 5.84. The maximum absolute atomic E-state index is 5.22. The Kier molecular flexibility index (Phi) is 1.14. The Labute approximate surface area is 73.8 Å². The molecule has 3 rings (SSSR count). The summed E-state index contributed by atoms with van der Waals surface area (Å²) >= 11 is 0. The van der Waals surface area contributed by atoms with E-state index in [1.807, 2.05) is 18.2 Å². The van der Waals surface area contributed by atoms with E-state index in [1.54, 1.807) is 6.20 Å². The molecule has 1 N–H and O–H groups in total. The van der Waals surface area contributed by atoms with Crippen molar-refractivity contribution in [3.05, 3.63) is 30.3 Å². The van der Waals surface area contributed by atoms with Gasteiger partial charge in [-0.1, -0.05) is 0 Å². The van der Waals surface area contributed by atoms with Gasteiger partial charge in [0, 0.05) is 11.8 Å². The third kappa shape index (κ3) is 0.823.